The van der Waals surface area contributed by atoms with Crippen LogP contribution in [0.1, 0.15) is 16.7 Å². The van der Waals surface area contributed by atoms with E-state index in [2.05, 4.69) is 10.1 Å². The van der Waals surface area contributed by atoms with Gasteiger partial charge in [-0.15, -0.1) is 0 Å². The number of aromatic nitrogens is 2. The summed E-state index contributed by atoms with van der Waals surface area (Å²) in [7, 11) is 1.44. The van der Waals surface area contributed by atoms with Gasteiger partial charge in [0.25, 0.3) is 5.89 Å². The summed E-state index contributed by atoms with van der Waals surface area (Å²) in [6, 6.07) is 13.3. The number of aliphatic carboxylic acids is 1. The Labute approximate surface area is 215 Å². The number of hydrogen-bond donors (Lipinski definition) is 2. The van der Waals surface area contributed by atoms with Gasteiger partial charge >= 0.3 is 12.1 Å². The molecule has 11 heteroatoms. The van der Waals surface area contributed by atoms with E-state index in [0.29, 0.717) is 11.1 Å². The van der Waals surface area contributed by atoms with Crippen LogP contribution < -0.4 is 0 Å². The number of carboxylic acid groups (broad SMARTS) is 1. The number of rotatable bonds is 8. The SMILES string of the molecule is Cc1ccccc1-c1ccc(-c2nc(-c3ccc(CN(C)C(CO)C(=O)O)c(F)c3)no2)cc1C(F)(F)F. The molecule has 1 heterocycles. The summed E-state index contributed by atoms with van der Waals surface area (Å²) in [6.07, 6.45) is -4.64. The summed E-state index contributed by atoms with van der Waals surface area (Å²) in [5.74, 6) is -2.12. The highest BCUT2D eigenvalue weighted by molar-refractivity contribution is 5.75. The number of aryl methyl sites for hydroxylation is 1. The van der Waals surface area contributed by atoms with Gasteiger partial charge in [0.2, 0.25) is 5.82 Å². The van der Waals surface area contributed by atoms with Gasteiger partial charge in [0.05, 0.1) is 12.2 Å². The van der Waals surface area contributed by atoms with Gasteiger partial charge in [-0.25, -0.2) is 4.39 Å². The zero-order valence-electron chi connectivity index (χ0n) is 20.3. The highest BCUT2D eigenvalue weighted by atomic mass is 19.4. The van der Waals surface area contributed by atoms with Gasteiger partial charge in [-0.1, -0.05) is 47.6 Å². The van der Waals surface area contributed by atoms with Crippen molar-refractivity contribution in [1.82, 2.24) is 15.0 Å². The molecule has 0 bridgehead atoms. The lowest BCUT2D eigenvalue weighted by molar-refractivity contribution is -0.144. The first kappa shape index (κ1) is 27.0. The predicted octanol–water partition coefficient (Wildman–Crippen LogP) is 5.41. The highest BCUT2D eigenvalue weighted by Crippen LogP contribution is 2.40. The van der Waals surface area contributed by atoms with E-state index in [1.165, 1.54) is 36.2 Å². The molecule has 2 N–H and O–H groups in total. The predicted molar refractivity (Wildman–Crippen MR) is 130 cm³/mol. The molecule has 0 aliphatic carbocycles. The van der Waals surface area contributed by atoms with Crippen LogP contribution in [0.3, 0.4) is 0 Å². The molecular weight excluding hydrogens is 506 g/mol. The Kier molecular flexibility index (Phi) is 7.61. The van der Waals surface area contributed by atoms with Crippen LogP contribution in [-0.2, 0) is 17.5 Å². The molecule has 4 aromatic rings. The summed E-state index contributed by atoms with van der Waals surface area (Å²) < 4.78 is 61.9. The second-order valence-corrected chi connectivity index (χ2v) is 8.75. The molecule has 0 saturated carbocycles. The molecule has 1 unspecified atom stereocenters. The molecule has 38 heavy (non-hydrogen) atoms. The third-order valence-corrected chi connectivity index (χ3v) is 6.15. The number of nitrogens with zero attached hydrogens (tertiary/aromatic N) is 3. The Hall–Kier alpha value is -4.09. The van der Waals surface area contributed by atoms with Crippen molar-refractivity contribution in [3.05, 3.63) is 83.2 Å². The molecular formula is C27H23F4N3O4. The monoisotopic (exact) mass is 529 g/mol. The molecule has 3 aromatic carbocycles. The molecule has 1 aromatic heterocycles. The molecule has 0 radical (unpaired) electrons. The van der Waals surface area contributed by atoms with Gasteiger partial charge < -0.3 is 14.7 Å². The maximum Gasteiger partial charge on any atom is 0.417 e. The summed E-state index contributed by atoms with van der Waals surface area (Å²) in [5.41, 5.74) is 0.745. The van der Waals surface area contributed by atoms with E-state index < -0.39 is 36.2 Å². The topological polar surface area (TPSA) is 99.7 Å². The number of aliphatic hydroxyl groups excluding tert-OH is 1. The number of aliphatic hydroxyl groups is 1. The molecule has 0 spiro atoms. The average Bonchev–Trinajstić information content (AvgIpc) is 3.35. The minimum atomic E-state index is -4.64. The fraction of sp³-hybridized carbons (Fsp3) is 0.222. The van der Waals surface area contributed by atoms with E-state index in [0.717, 1.165) is 12.1 Å². The first-order chi connectivity index (χ1) is 18.0. The average molecular weight is 529 g/mol. The van der Waals surface area contributed by atoms with Crippen LogP contribution in [-0.4, -0.2) is 50.9 Å². The number of benzene rings is 3. The Bertz CT molecular complexity index is 1470. The van der Waals surface area contributed by atoms with Crippen LogP contribution in [0.25, 0.3) is 34.0 Å². The van der Waals surface area contributed by atoms with Crippen molar-refractivity contribution in [2.75, 3.05) is 13.7 Å². The van der Waals surface area contributed by atoms with E-state index in [4.69, 9.17) is 9.63 Å². The lowest BCUT2D eigenvalue weighted by Crippen LogP contribution is -2.40. The summed E-state index contributed by atoms with van der Waals surface area (Å²) in [5, 5.41) is 22.2. The number of alkyl halides is 3. The van der Waals surface area contributed by atoms with Gasteiger partial charge in [0, 0.05) is 23.2 Å². The van der Waals surface area contributed by atoms with Crippen molar-refractivity contribution in [1.29, 1.82) is 0 Å². The standard InChI is InChI=1S/C27H23F4N3O4/c1-15-5-3-4-6-19(15)20-10-9-17(11-21(20)27(29,30)31)25-32-24(33-38-25)16-7-8-18(22(28)12-16)13-34(2)23(14-35)26(36)37/h3-12,23,35H,13-14H2,1-2H3,(H,36,37). The van der Waals surface area contributed by atoms with Crippen LogP contribution in [0, 0.1) is 12.7 Å². The number of likely N-dealkylation sites (N-methyl/N-ethyl adjacent to an activating group) is 1. The summed E-state index contributed by atoms with van der Waals surface area (Å²) >= 11 is 0. The van der Waals surface area contributed by atoms with Gasteiger partial charge in [0.1, 0.15) is 11.9 Å². The molecule has 4 rings (SSSR count). The van der Waals surface area contributed by atoms with Crippen molar-refractivity contribution in [3.63, 3.8) is 0 Å². The highest BCUT2D eigenvalue weighted by Gasteiger charge is 2.35. The molecule has 0 saturated heterocycles. The maximum atomic E-state index is 14.8. The minimum absolute atomic E-state index is 0.0213. The number of hydrogen-bond acceptors (Lipinski definition) is 6. The Morgan fingerprint density at radius 3 is 2.39 bits per heavy atom. The molecule has 1 atom stereocenters. The van der Waals surface area contributed by atoms with E-state index in [-0.39, 0.29) is 40.5 Å². The van der Waals surface area contributed by atoms with Gasteiger partial charge in [-0.3, -0.25) is 9.69 Å². The fourth-order valence-electron chi connectivity index (χ4n) is 4.08. The third-order valence-electron chi connectivity index (χ3n) is 6.15. The van der Waals surface area contributed by atoms with Crippen LogP contribution in [0.5, 0.6) is 0 Å². The lowest BCUT2D eigenvalue weighted by atomic mass is 9.94. The largest absolute Gasteiger partial charge is 0.480 e. The van der Waals surface area contributed by atoms with E-state index in [9.17, 15) is 27.5 Å². The number of carboxylic acids is 1. The second-order valence-electron chi connectivity index (χ2n) is 8.75. The summed E-state index contributed by atoms with van der Waals surface area (Å²) in [6.45, 7) is 1.00. The lowest BCUT2D eigenvalue weighted by Gasteiger charge is -2.23. The first-order valence-electron chi connectivity index (χ1n) is 11.4. The van der Waals surface area contributed by atoms with Crippen molar-refractivity contribution in [3.8, 4) is 34.0 Å². The van der Waals surface area contributed by atoms with E-state index in [1.807, 2.05) is 0 Å². The molecule has 0 aliphatic heterocycles. The number of carbonyl (C=O) groups is 1. The van der Waals surface area contributed by atoms with Gasteiger partial charge in [0.15, 0.2) is 0 Å². The molecule has 0 aliphatic rings. The van der Waals surface area contributed by atoms with Crippen LogP contribution in [0.15, 0.2) is 65.2 Å². The number of halogens is 4. The minimum Gasteiger partial charge on any atom is -0.480 e. The van der Waals surface area contributed by atoms with Crippen molar-refractivity contribution in [2.45, 2.75) is 25.7 Å². The normalized spacial score (nSPS) is 12.6. The summed E-state index contributed by atoms with van der Waals surface area (Å²) in [4.78, 5) is 16.6. The molecule has 7 nitrogen and oxygen atoms in total. The maximum absolute atomic E-state index is 14.8. The van der Waals surface area contributed by atoms with E-state index in [1.54, 1.807) is 31.2 Å². The first-order valence-corrected chi connectivity index (χ1v) is 11.4. The Morgan fingerprint density at radius 1 is 1.05 bits per heavy atom. The fourth-order valence-corrected chi connectivity index (χ4v) is 4.08. The van der Waals surface area contributed by atoms with Crippen LogP contribution in [0.2, 0.25) is 0 Å². The van der Waals surface area contributed by atoms with Crippen molar-refractivity contribution >= 4 is 5.97 Å². The van der Waals surface area contributed by atoms with Crippen LogP contribution >= 0.6 is 0 Å². The zero-order valence-corrected chi connectivity index (χ0v) is 20.3. The van der Waals surface area contributed by atoms with Crippen molar-refractivity contribution < 1.29 is 37.1 Å². The third kappa shape index (κ3) is 5.58. The smallest absolute Gasteiger partial charge is 0.417 e. The second kappa shape index (κ2) is 10.7. The quantitative estimate of drug-likeness (QED) is 0.294. The Balaban J connectivity index is 1.63. The molecule has 198 valence electrons. The van der Waals surface area contributed by atoms with Gasteiger partial charge in [-0.05, 0) is 48.9 Å². The van der Waals surface area contributed by atoms with Crippen LogP contribution in [0.4, 0.5) is 17.6 Å². The zero-order chi connectivity index (χ0) is 27.6. The van der Waals surface area contributed by atoms with Crippen molar-refractivity contribution in [2.24, 2.45) is 0 Å². The molecule has 0 amide bonds. The van der Waals surface area contributed by atoms with Gasteiger partial charge in [-0.2, -0.15) is 18.2 Å². The Morgan fingerprint density at radius 2 is 1.76 bits per heavy atom. The van der Waals surface area contributed by atoms with E-state index >= 15 is 0 Å². The molecule has 0 fully saturated rings.